The average Bonchev–Trinajstić information content (AvgIpc) is 3.19. The van der Waals surface area contributed by atoms with E-state index in [0.717, 1.165) is 29.7 Å². The predicted octanol–water partition coefficient (Wildman–Crippen LogP) is 3.59. The number of carbonyl (C=O) groups excluding carboxylic acids is 3. The lowest BCUT2D eigenvalue weighted by atomic mass is 10.1. The van der Waals surface area contributed by atoms with Crippen LogP contribution < -0.4 is 10.2 Å². The van der Waals surface area contributed by atoms with Gasteiger partial charge in [-0.2, -0.15) is 0 Å². The fourth-order valence-electron chi connectivity index (χ4n) is 4.69. The number of fused-ring (bicyclic) bond motifs is 3. The molecule has 174 valence electrons. The van der Waals surface area contributed by atoms with Gasteiger partial charge in [-0.1, -0.05) is 12.1 Å². The van der Waals surface area contributed by atoms with Gasteiger partial charge < -0.3 is 15.1 Å². The van der Waals surface area contributed by atoms with E-state index in [9.17, 15) is 14.4 Å². The number of carbonyl (C=O) groups is 3. The highest BCUT2D eigenvalue weighted by Gasteiger charge is 2.33. The molecular formula is C25H25N5O3S. The molecule has 9 heteroatoms. The molecule has 0 radical (unpaired) electrons. The van der Waals surface area contributed by atoms with Crippen LogP contribution in [0.3, 0.4) is 0 Å². The van der Waals surface area contributed by atoms with Crippen molar-refractivity contribution in [1.82, 2.24) is 14.5 Å². The number of amides is 2. The van der Waals surface area contributed by atoms with Crippen LogP contribution in [0.25, 0.3) is 10.9 Å². The van der Waals surface area contributed by atoms with Crippen molar-refractivity contribution in [2.45, 2.75) is 25.8 Å². The van der Waals surface area contributed by atoms with Crippen LogP contribution in [0, 0.1) is 4.77 Å². The summed E-state index contributed by atoms with van der Waals surface area (Å²) >= 11 is 5.46. The summed E-state index contributed by atoms with van der Waals surface area (Å²) in [5, 5.41) is 3.77. The Balaban J connectivity index is 1.21. The summed E-state index contributed by atoms with van der Waals surface area (Å²) in [5.74, 6) is 0.581. The molecule has 1 atom stereocenters. The minimum Gasteiger partial charge on any atom is -0.368 e. The summed E-state index contributed by atoms with van der Waals surface area (Å²) < 4.78 is 2.09. The molecule has 8 nitrogen and oxygen atoms in total. The number of aromatic nitrogens is 2. The standard InChI is InChI=1S/C25H25N5O3S/c1-16(31)17-6-8-18(9-7-17)28-12-14-29(15-13-28)22(32)11-10-21-24(33)27-23-19-4-2-3-5-20(19)26-25(34)30(21)23/h2-9,21H,10-15H2,1H3,(H,27,33). The second kappa shape index (κ2) is 8.98. The number of rotatable bonds is 5. The molecule has 2 aliphatic rings. The first kappa shape index (κ1) is 22.2. The van der Waals surface area contributed by atoms with Gasteiger partial charge in [-0.05, 0) is 62.0 Å². The molecule has 5 rings (SSSR count). The summed E-state index contributed by atoms with van der Waals surface area (Å²) in [6.07, 6.45) is 0.637. The van der Waals surface area contributed by atoms with Gasteiger partial charge in [0.1, 0.15) is 11.9 Å². The van der Waals surface area contributed by atoms with Gasteiger partial charge >= 0.3 is 0 Å². The maximum absolute atomic E-state index is 12.9. The van der Waals surface area contributed by atoms with Gasteiger partial charge in [0.2, 0.25) is 16.6 Å². The third-order valence-corrected chi connectivity index (χ3v) is 6.87. The fraction of sp³-hybridized carbons (Fsp3) is 0.320. The summed E-state index contributed by atoms with van der Waals surface area (Å²) in [6, 6.07) is 14.6. The first-order valence-electron chi connectivity index (χ1n) is 11.4. The van der Waals surface area contributed by atoms with Gasteiger partial charge in [-0.25, -0.2) is 4.98 Å². The van der Waals surface area contributed by atoms with Crippen molar-refractivity contribution >= 4 is 52.2 Å². The smallest absolute Gasteiger partial charge is 0.248 e. The monoisotopic (exact) mass is 475 g/mol. The lowest BCUT2D eigenvalue weighted by Gasteiger charge is -2.36. The highest BCUT2D eigenvalue weighted by Crippen LogP contribution is 2.33. The van der Waals surface area contributed by atoms with E-state index in [-0.39, 0.29) is 24.0 Å². The molecule has 3 heterocycles. The molecular weight excluding hydrogens is 450 g/mol. The van der Waals surface area contributed by atoms with Crippen molar-refractivity contribution in [2.75, 3.05) is 36.4 Å². The van der Waals surface area contributed by atoms with Crippen LogP contribution in [0.2, 0.25) is 0 Å². The summed E-state index contributed by atoms with van der Waals surface area (Å²) in [7, 11) is 0. The number of anilines is 2. The summed E-state index contributed by atoms with van der Waals surface area (Å²) in [4.78, 5) is 45.7. The van der Waals surface area contributed by atoms with Crippen LogP contribution in [-0.4, -0.2) is 58.2 Å². The zero-order valence-electron chi connectivity index (χ0n) is 18.9. The Bertz CT molecular complexity index is 1340. The van der Waals surface area contributed by atoms with Crippen LogP contribution in [0.5, 0.6) is 0 Å². The topological polar surface area (TPSA) is 87.5 Å². The Labute approximate surface area is 202 Å². The number of para-hydroxylation sites is 1. The van der Waals surface area contributed by atoms with Crippen LogP contribution >= 0.6 is 12.2 Å². The number of benzene rings is 2. The van der Waals surface area contributed by atoms with E-state index in [0.29, 0.717) is 35.7 Å². The van der Waals surface area contributed by atoms with Crippen LogP contribution in [0.4, 0.5) is 11.5 Å². The van der Waals surface area contributed by atoms with Crippen molar-refractivity contribution in [1.29, 1.82) is 0 Å². The van der Waals surface area contributed by atoms with E-state index in [1.54, 1.807) is 11.5 Å². The molecule has 1 saturated heterocycles. The fourth-order valence-corrected chi connectivity index (χ4v) is 5.00. The summed E-state index contributed by atoms with van der Waals surface area (Å²) in [6.45, 7) is 4.23. The van der Waals surface area contributed by atoms with E-state index >= 15 is 0 Å². The van der Waals surface area contributed by atoms with E-state index in [4.69, 9.17) is 12.2 Å². The van der Waals surface area contributed by atoms with E-state index in [1.807, 2.05) is 53.4 Å². The highest BCUT2D eigenvalue weighted by atomic mass is 32.1. The normalized spacial score (nSPS) is 17.6. The number of hydrogen-bond donors (Lipinski definition) is 1. The van der Waals surface area contributed by atoms with Crippen molar-refractivity contribution in [2.24, 2.45) is 0 Å². The highest BCUT2D eigenvalue weighted by molar-refractivity contribution is 7.71. The van der Waals surface area contributed by atoms with Crippen LogP contribution in [0.1, 0.15) is 36.2 Å². The SMILES string of the molecule is CC(=O)c1ccc(N2CCN(C(=O)CCC3C(=O)Nc4c5ccccc5nc(=S)n43)CC2)cc1. The zero-order valence-corrected chi connectivity index (χ0v) is 19.7. The van der Waals surface area contributed by atoms with E-state index in [1.165, 1.54) is 0 Å². The van der Waals surface area contributed by atoms with Crippen molar-refractivity contribution < 1.29 is 14.4 Å². The van der Waals surface area contributed by atoms with Gasteiger partial charge in [0.15, 0.2) is 5.78 Å². The van der Waals surface area contributed by atoms with E-state index < -0.39 is 6.04 Å². The Hall–Kier alpha value is -3.59. The molecule has 1 fully saturated rings. The second-order valence-corrected chi connectivity index (χ2v) is 9.01. The van der Waals surface area contributed by atoms with Crippen LogP contribution in [-0.2, 0) is 9.59 Å². The lowest BCUT2D eigenvalue weighted by Crippen LogP contribution is -2.48. The second-order valence-electron chi connectivity index (χ2n) is 8.64. The van der Waals surface area contributed by atoms with Crippen molar-refractivity contribution in [3.05, 3.63) is 58.9 Å². The molecule has 1 unspecified atom stereocenters. The number of nitrogens with one attached hydrogen (secondary N) is 1. The molecule has 0 spiro atoms. The molecule has 2 aromatic carbocycles. The van der Waals surface area contributed by atoms with Gasteiger partial charge in [-0.15, -0.1) is 0 Å². The van der Waals surface area contributed by atoms with Crippen molar-refractivity contribution in [3.63, 3.8) is 0 Å². The number of Topliss-reactive ketones (excluding diaryl/α,β-unsaturated/α-hetero) is 1. The molecule has 34 heavy (non-hydrogen) atoms. The van der Waals surface area contributed by atoms with Crippen LogP contribution in [0.15, 0.2) is 48.5 Å². The molecule has 0 saturated carbocycles. The lowest BCUT2D eigenvalue weighted by molar-refractivity contribution is -0.131. The number of piperazine rings is 1. The molecule has 0 aliphatic carbocycles. The largest absolute Gasteiger partial charge is 0.368 e. The Kier molecular flexibility index (Phi) is 5.87. The van der Waals surface area contributed by atoms with Gasteiger partial charge in [-0.3, -0.25) is 19.0 Å². The molecule has 1 N–H and O–H groups in total. The van der Waals surface area contributed by atoms with Gasteiger partial charge in [0.05, 0.1) is 5.52 Å². The summed E-state index contributed by atoms with van der Waals surface area (Å²) in [5.41, 5.74) is 2.48. The third kappa shape index (κ3) is 4.07. The quantitative estimate of drug-likeness (QED) is 0.448. The third-order valence-electron chi connectivity index (χ3n) is 6.58. The van der Waals surface area contributed by atoms with Crippen molar-refractivity contribution in [3.8, 4) is 0 Å². The molecule has 1 aromatic heterocycles. The molecule has 2 aliphatic heterocycles. The number of ketones is 1. The predicted molar refractivity (Wildman–Crippen MR) is 133 cm³/mol. The first-order valence-corrected chi connectivity index (χ1v) is 11.8. The Morgan fingerprint density at radius 1 is 1.06 bits per heavy atom. The van der Waals surface area contributed by atoms with E-state index in [2.05, 4.69) is 15.2 Å². The molecule has 0 bridgehead atoms. The average molecular weight is 476 g/mol. The maximum Gasteiger partial charge on any atom is 0.248 e. The minimum absolute atomic E-state index is 0.0353. The number of hydrogen-bond acceptors (Lipinski definition) is 6. The first-order chi connectivity index (χ1) is 16.4. The zero-order chi connectivity index (χ0) is 23.8. The van der Waals surface area contributed by atoms with Gasteiger partial charge in [0, 0.05) is 49.2 Å². The van der Waals surface area contributed by atoms with Gasteiger partial charge in [0.25, 0.3) is 0 Å². The Morgan fingerprint density at radius 2 is 1.76 bits per heavy atom. The number of nitrogens with zero attached hydrogens (tertiary/aromatic N) is 4. The maximum atomic E-state index is 12.9. The molecule has 3 aromatic rings. The molecule has 2 amide bonds. The Morgan fingerprint density at radius 3 is 2.47 bits per heavy atom. The minimum atomic E-state index is -0.537.